The summed E-state index contributed by atoms with van der Waals surface area (Å²) in [6.45, 7) is 0. The Labute approximate surface area is 135 Å². The molecule has 2 rings (SSSR count). The molecule has 9 heteroatoms. The van der Waals surface area contributed by atoms with E-state index >= 15 is 0 Å². The molecule has 0 fully saturated rings. The molecule has 23 heavy (non-hydrogen) atoms. The van der Waals surface area contributed by atoms with E-state index in [2.05, 4.69) is 20.9 Å². The number of rotatable bonds is 1. The van der Waals surface area contributed by atoms with Crippen molar-refractivity contribution in [2.24, 2.45) is 0 Å². The molecule has 0 bridgehead atoms. The number of alkyl halides is 3. The Hall–Kier alpha value is -2.78. The van der Waals surface area contributed by atoms with Gasteiger partial charge in [0, 0.05) is 10.0 Å². The number of benzene rings is 1. The van der Waals surface area contributed by atoms with Gasteiger partial charge in [-0.3, -0.25) is 4.79 Å². The molecule has 3 N–H and O–H groups in total. The first-order valence-corrected chi connectivity index (χ1v) is 6.72. The van der Waals surface area contributed by atoms with Crippen molar-refractivity contribution in [2.45, 2.75) is 6.18 Å². The van der Waals surface area contributed by atoms with Crippen molar-refractivity contribution in [1.29, 1.82) is 10.5 Å². The van der Waals surface area contributed by atoms with Crippen LogP contribution in [0, 0.1) is 22.7 Å². The number of aromatic nitrogens is 1. The number of nitrogen functional groups attached to an aromatic ring is 1. The van der Waals surface area contributed by atoms with Gasteiger partial charge in [0.05, 0.1) is 5.56 Å². The normalized spacial score (nSPS) is 10.9. The molecule has 5 nitrogen and oxygen atoms in total. The second-order valence-corrected chi connectivity index (χ2v) is 5.36. The van der Waals surface area contributed by atoms with E-state index < -0.39 is 22.9 Å². The zero-order valence-corrected chi connectivity index (χ0v) is 12.7. The minimum Gasteiger partial charge on any atom is -0.384 e. The van der Waals surface area contributed by atoms with Crippen LogP contribution >= 0.6 is 15.9 Å². The van der Waals surface area contributed by atoms with Crippen LogP contribution in [0.3, 0.4) is 0 Å². The molecular formula is C14H6BrF3N4O. The first kappa shape index (κ1) is 16.6. The van der Waals surface area contributed by atoms with Gasteiger partial charge in [0.2, 0.25) is 0 Å². The Bertz CT molecular complexity index is 935. The smallest absolute Gasteiger partial charge is 0.384 e. The maximum Gasteiger partial charge on any atom is 0.416 e. The van der Waals surface area contributed by atoms with Crippen molar-refractivity contribution >= 4 is 21.7 Å². The monoisotopic (exact) mass is 382 g/mol. The fourth-order valence-corrected chi connectivity index (χ4v) is 2.52. The molecule has 0 saturated carbocycles. The van der Waals surface area contributed by atoms with Gasteiger partial charge in [-0.05, 0) is 23.8 Å². The van der Waals surface area contributed by atoms with Gasteiger partial charge in [0.1, 0.15) is 29.1 Å². The highest BCUT2D eigenvalue weighted by Gasteiger charge is 2.32. The standard InChI is InChI=1S/C14H6BrF3N4O/c15-8-2-6(1-7(3-8)14(16,17)18)11-9(4-19)12(21)22-13(23)10(11)5-20/h1-3H,(H3,21,22,23). The van der Waals surface area contributed by atoms with Crippen LogP contribution in [0.5, 0.6) is 0 Å². The van der Waals surface area contributed by atoms with Crippen molar-refractivity contribution in [3.05, 3.63) is 49.7 Å². The Kier molecular flexibility index (Phi) is 4.17. The second-order valence-electron chi connectivity index (χ2n) is 4.44. The summed E-state index contributed by atoms with van der Waals surface area (Å²) in [5.41, 5.74) is 2.56. The van der Waals surface area contributed by atoms with Crippen molar-refractivity contribution < 1.29 is 13.2 Å². The number of hydrogen-bond acceptors (Lipinski definition) is 4. The van der Waals surface area contributed by atoms with Gasteiger partial charge >= 0.3 is 6.18 Å². The molecule has 0 aliphatic heterocycles. The summed E-state index contributed by atoms with van der Waals surface area (Å²) in [5, 5.41) is 18.3. The van der Waals surface area contributed by atoms with E-state index in [9.17, 15) is 23.2 Å². The Morgan fingerprint density at radius 2 is 1.74 bits per heavy atom. The lowest BCUT2D eigenvalue weighted by Gasteiger charge is -2.13. The highest BCUT2D eigenvalue weighted by atomic mass is 79.9. The highest BCUT2D eigenvalue weighted by Crippen LogP contribution is 2.36. The van der Waals surface area contributed by atoms with Crippen LogP contribution in [0.15, 0.2) is 27.5 Å². The summed E-state index contributed by atoms with van der Waals surface area (Å²) in [4.78, 5) is 13.9. The van der Waals surface area contributed by atoms with Crippen LogP contribution in [-0.2, 0) is 6.18 Å². The Morgan fingerprint density at radius 1 is 1.13 bits per heavy atom. The minimum atomic E-state index is -4.63. The van der Waals surface area contributed by atoms with Crippen molar-refractivity contribution in [3.8, 4) is 23.3 Å². The molecule has 0 unspecified atom stereocenters. The number of halogens is 4. The predicted molar refractivity (Wildman–Crippen MR) is 79.0 cm³/mol. The number of nitriles is 2. The average molecular weight is 383 g/mol. The number of H-pyrrole nitrogens is 1. The van der Waals surface area contributed by atoms with Crippen LogP contribution < -0.4 is 11.3 Å². The van der Waals surface area contributed by atoms with Crippen molar-refractivity contribution in [2.75, 3.05) is 5.73 Å². The molecule has 0 amide bonds. The van der Waals surface area contributed by atoms with Crippen LogP contribution in [0.25, 0.3) is 11.1 Å². The van der Waals surface area contributed by atoms with Gasteiger partial charge in [-0.25, -0.2) is 0 Å². The first-order valence-electron chi connectivity index (χ1n) is 5.93. The number of aromatic amines is 1. The minimum absolute atomic E-state index is 0.0777. The Balaban J connectivity index is 2.94. The van der Waals surface area contributed by atoms with Crippen molar-refractivity contribution in [1.82, 2.24) is 4.98 Å². The summed E-state index contributed by atoms with van der Waals surface area (Å²) in [7, 11) is 0. The van der Waals surface area contributed by atoms with Crippen molar-refractivity contribution in [3.63, 3.8) is 0 Å². The lowest BCUT2D eigenvalue weighted by Crippen LogP contribution is -2.16. The van der Waals surface area contributed by atoms with Gasteiger partial charge in [-0.1, -0.05) is 15.9 Å². The SMILES string of the molecule is N#Cc1c(N)[nH]c(=O)c(C#N)c1-c1cc(Br)cc(C(F)(F)F)c1. The van der Waals surface area contributed by atoms with Crippen LogP contribution in [0.4, 0.5) is 19.0 Å². The topological polar surface area (TPSA) is 106 Å². The van der Waals surface area contributed by atoms with Crippen LogP contribution in [-0.4, -0.2) is 4.98 Å². The molecule has 2 aromatic rings. The third-order valence-corrected chi connectivity index (χ3v) is 3.44. The molecule has 1 aromatic carbocycles. The molecule has 1 heterocycles. The van der Waals surface area contributed by atoms with Crippen LogP contribution in [0.1, 0.15) is 16.7 Å². The van der Waals surface area contributed by atoms with E-state index in [0.29, 0.717) is 0 Å². The molecular weight excluding hydrogens is 377 g/mol. The summed E-state index contributed by atoms with van der Waals surface area (Å²) >= 11 is 2.95. The van der Waals surface area contributed by atoms with E-state index in [4.69, 9.17) is 11.0 Å². The molecule has 1 aromatic heterocycles. The number of nitrogens with zero attached hydrogens (tertiary/aromatic N) is 2. The predicted octanol–water partition coefficient (Wildman–Crippen LogP) is 3.15. The van der Waals surface area contributed by atoms with Gasteiger partial charge < -0.3 is 10.7 Å². The number of anilines is 1. The van der Waals surface area contributed by atoms with E-state index in [1.807, 2.05) is 0 Å². The third-order valence-electron chi connectivity index (χ3n) is 2.98. The van der Waals surface area contributed by atoms with Crippen LogP contribution in [0.2, 0.25) is 0 Å². The zero-order chi connectivity index (χ0) is 17.4. The van der Waals surface area contributed by atoms with E-state index in [1.165, 1.54) is 6.07 Å². The van der Waals surface area contributed by atoms with E-state index in [0.717, 1.165) is 12.1 Å². The maximum absolute atomic E-state index is 12.9. The lowest BCUT2D eigenvalue weighted by atomic mass is 9.95. The summed E-state index contributed by atoms with van der Waals surface area (Å²) in [6.07, 6.45) is -4.63. The number of hydrogen-bond donors (Lipinski definition) is 2. The zero-order valence-electron chi connectivity index (χ0n) is 11.1. The first-order chi connectivity index (χ1) is 10.7. The molecule has 0 aliphatic rings. The van der Waals surface area contributed by atoms with E-state index in [1.54, 1.807) is 12.1 Å². The fourth-order valence-electron chi connectivity index (χ4n) is 2.03. The molecule has 0 atom stereocenters. The fraction of sp³-hybridized carbons (Fsp3) is 0.0714. The van der Waals surface area contributed by atoms with Gasteiger partial charge in [-0.15, -0.1) is 0 Å². The van der Waals surface area contributed by atoms with Gasteiger partial charge in [0.25, 0.3) is 5.56 Å². The number of pyridine rings is 1. The molecule has 0 saturated heterocycles. The summed E-state index contributed by atoms with van der Waals surface area (Å²) in [5.74, 6) is -0.319. The largest absolute Gasteiger partial charge is 0.416 e. The molecule has 116 valence electrons. The number of nitrogens with one attached hydrogen (secondary N) is 1. The molecule has 0 radical (unpaired) electrons. The Morgan fingerprint density at radius 3 is 2.26 bits per heavy atom. The molecule has 0 aliphatic carbocycles. The summed E-state index contributed by atoms with van der Waals surface area (Å²) in [6, 6.07) is 6.16. The highest BCUT2D eigenvalue weighted by molar-refractivity contribution is 9.10. The summed E-state index contributed by atoms with van der Waals surface area (Å²) < 4.78 is 38.9. The lowest BCUT2D eigenvalue weighted by molar-refractivity contribution is -0.137. The van der Waals surface area contributed by atoms with E-state index in [-0.39, 0.29) is 27.0 Å². The maximum atomic E-state index is 12.9. The third kappa shape index (κ3) is 3.05. The van der Waals surface area contributed by atoms with Gasteiger partial charge in [-0.2, -0.15) is 23.7 Å². The number of nitrogens with two attached hydrogens (primary N) is 1. The van der Waals surface area contributed by atoms with Gasteiger partial charge in [0.15, 0.2) is 0 Å². The quantitative estimate of drug-likeness (QED) is 0.789. The second kappa shape index (κ2) is 5.78. The molecule has 0 spiro atoms. The average Bonchev–Trinajstić information content (AvgIpc) is 2.45.